The summed E-state index contributed by atoms with van der Waals surface area (Å²) in [5.74, 6) is 2.44. The Morgan fingerprint density at radius 1 is 1.03 bits per heavy atom. The first-order valence-corrected chi connectivity index (χ1v) is 11.5. The van der Waals surface area contributed by atoms with Gasteiger partial charge in [0.1, 0.15) is 5.75 Å². The first-order valence-electron chi connectivity index (χ1n) is 11.5. The van der Waals surface area contributed by atoms with Crippen LogP contribution in [-0.4, -0.2) is 23.6 Å². The van der Waals surface area contributed by atoms with Crippen molar-refractivity contribution in [1.29, 1.82) is 0 Å². The number of ether oxygens (including phenoxy) is 1. The first-order chi connectivity index (χ1) is 14.0. The fourth-order valence-corrected chi connectivity index (χ4v) is 5.91. The van der Waals surface area contributed by atoms with E-state index in [9.17, 15) is 0 Å². The van der Waals surface area contributed by atoms with Crippen LogP contribution in [-0.2, 0) is 12.0 Å². The lowest BCUT2D eigenvalue weighted by atomic mass is 9.64. The Morgan fingerprint density at radius 2 is 1.83 bits per heavy atom. The Kier molecular flexibility index (Phi) is 6.01. The molecule has 2 fully saturated rings. The zero-order chi connectivity index (χ0) is 20.4. The smallest absolute Gasteiger partial charge is 0.119 e. The van der Waals surface area contributed by atoms with Crippen LogP contribution in [0.4, 0.5) is 0 Å². The van der Waals surface area contributed by atoms with Crippen LogP contribution in [0.5, 0.6) is 5.75 Å². The Balaban J connectivity index is 1.63. The molecule has 156 valence electrons. The van der Waals surface area contributed by atoms with Crippen LogP contribution >= 0.6 is 0 Å². The first kappa shape index (κ1) is 20.5. The van der Waals surface area contributed by atoms with Gasteiger partial charge < -0.3 is 4.74 Å². The van der Waals surface area contributed by atoms with Gasteiger partial charge in [-0.3, -0.25) is 4.90 Å². The summed E-state index contributed by atoms with van der Waals surface area (Å²) in [4.78, 5) is 2.78. The Hall–Kier alpha value is -1.80. The van der Waals surface area contributed by atoms with Crippen molar-refractivity contribution < 1.29 is 4.74 Å². The maximum Gasteiger partial charge on any atom is 0.119 e. The SMILES string of the molecule is CC(C)Oc1cccc(C23CCCC2CN(Cc2ccccc2)C(C(C)C)C3)c1. The molecule has 1 saturated carbocycles. The molecule has 0 aromatic heterocycles. The van der Waals surface area contributed by atoms with E-state index in [4.69, 9.17) is 4.74 Å². The summed E-state index contributed by atoms with van der Waals surface area (Å²) in [6.07, 6.45) is 5.52. The largest absolute Gasteiger partial charge is 0.491 e. The quantitative estimate of drug-likeness (QED) is 0.561. The van der Waals surface area contributed by atoms with E-state index in [-0.39, 0.29) is 6.10 Å². The van der Waals surface area contributed by atoms with Gasteiger partial charge in [-0.05, 0) is 68.2 Å². The fraction of sp³-hybridized carbons (Fsp3) is 0.556. The third-order valence-corrected chi connectivity index (χ3v) is 7.23. The van der Waals surface area contributed by atoms with Gasteiger partial charge in [-0.15, -0.1) is 0 Å². The summed E-state index contributed by atoms with van der Waals surface area (Å²) in [6, 6.07) is 20.7. The minimum Gasteiger partial charge on any atom is -0.491 e. The number of likely N-dealkylation sites (tertiary alicyclic amines) is 1. The fourth-order valence-electron chi connectivity index (χ4n) is 5.91. The monoisotopic (exact) mass is 391 g/mol. The molecule has 0 spiro atoms. The van der Waals surface area contributed by atoms with E-state index in [0.717, 1.165) is 18.2 Å². The lowest BCUT2D eigenvalue weighted by Crippen LogP contribution is -2.54. The molecule has 0 radical (unpaired) electrons. The van der Waals surface area contributed by atoms with Gasteiger partial charge in [-0.25, -0.2) is 0 Å². The number of rotatable bonds is 6. The molecule has 0 amide bonds. The maximum absolute atomic E-state index is 6.05. The zero-order valence-electron chi connectivity index (χ0n) is 18.6. The predicted molar refractivity (Wildman–Crippen MR) is 121 cm³/mol. The second-order valence-corrected chi connectivity index (χ2v) is 9.87. The van der Waals surface area contributed by atoms with Crippen molar-refractivity contribution in [2.24, 2.45) is 11.8 Å². The summed E-state index contributed by atoms with van der Waals surface area (Å²) in [5.41, 5.74) is 3.28. The van der Waals surface area contributed by atoms with Crippen molar-refractivity contribution >= 4 is 0 Å². The summed E-state index contributed by atoms with van der Waals surface area (Å²) < 4.78 is 6.05. The number of nitrogens with zero attached hydrogens (tertiary/aromatic N) is 1. The molecule has 2 aliphatic rings. The van der Waals surface area contributed by atoms with Gasteiger partial charge in [-0.2, -0.15) is 0 Å². The number of hydrogen-bond acceptors (Lipinski definition) is 2. The predicted octanol–water partition coefficient (Wildman–Crippen LogP) is 6.44. The standard InChI is InChI=1S/C27H37NO/c1-20(2)26-17-27(23-12-8-14-25(16-23)29-21(3)4)15-9-13-24(27)19-28(26)18-22-10-6-5-7-11-22/h5-8,10-12,14,16,20-21,24,26H,9,13,15,17-19H2,1-4H3. The molecule has 2 nitrogen and oxygen atoms in total. The molecule has 1 heterocycles. The molecular formula is C27H37NO. The van der Waals surface area contributed by atoms with Crippen LogP contribution in [0.3, 0.4) is 0 Å². The van der Waals surface area contributed by atoms with Crippen LogP contribution in [0.25, 0.3) is 0 Å². The van der Waals surface area contributed by atoms with Crippen molar-refractivity contribution in [2.45, 2.75) is 77.5 Å². The number of hydrogen-bond donors (Lipinski definition) is 0. The van der Waals surface area contributed by atoms with E-state index in [1.165, 1.54) is 43.4 Å². The minimum absolute atomic E-state index is 0.221. The van der Waals surface area contributed by atoms with Gasteiger partial charge >= 0.3 is 0 Å². The van der Waals surface area contributed by atoms with Gasteiger partial charge in [-0.1, -0.05) is 62.7 Å². The van der Waals surface area contributed by atoms with Crippen LogP contribution in [0, 0.1) is 11.8 Å². The summed E-state index contributed by atoms with van der Waals surface area (Å²) in [7, 11) is 0. The summed E-state index contributed by atoms with van der Waals surface area (Å²) >= 11 is 0. The average Bonchev–Trinajstić information content (AvgIpc) is 3.12. The lowest BCUT2D eigenvalue weighted by Gasteiger charge is -2.51. The summed E-state index contributed by atoms with van der Waals surface area (Å²) in [5, 5.41) is 0. The Bertz CT molecular complexity index is 799. The van der Waals surface area contributed by atoms with E-state index in [0.29, 0.717) is 17.4 Å². The second-order valence-electron chi connectivity index (χ2n) is 9.87. The maximum atomic E-state index is 6.05. The molecule has 0 bridgehead atoms. The number of benzene rings is 2. The lowest BCUT2D eigenvalue weighted by molar-refractivity contribution is 0.0254. The van der Waals surface area contributed by atoms with Crippen LogP contribution < -0.4 is 4.74 Å². The highest BCUT2D eigenvalue weighted by molar-refractivity contribution is 5.37. The van der Waals surface area contributed by atoms with Gasteiger partial charge in [0.25, 0.3) is 0 Å². The Morgan fingerprint density at radius 3 is 2.55 bits per heavy atom. The molecule has 0 N–H and O–H groups in total. The van der Waals surface area contributed by atoms with Crippen molar-refractivity contribution in [3.8, 4) is 5.75 Å². The van der Waals surface area contributed by atoms with E-state index < -0.39 is 0 Å². The molecule has 3 atom stereocenters. The van der Waals surface area contributed by atoms with Crippen molar-refractivity contribution in [2.75, 3.05) is 6.54 Å². The summed E-state index contributed by atoms with van der Waals surface area (Å²) in [6.45, 7) is 11.3. The molecule has 29 heavy (non-hydrogen) atoms. The third kappa shape index (κ3) is 4.23. The molecule has 2 aromatic carbocycles. The molecule has 1 aliphatic carbocycles. The number of fused-ring (bicyclic) bond motifs is 1. The van der Waals surface area contributed by atoms with Crippen molar-refractivity contribution in [1.82, 2.24) is 4.90 Å². The van der Waals surface area contributed by atoms with Crippen LogP contribution in [0.15, 0.2) is 54.6 Å². The molecule has 2 aromatic rings. The zero-order valence-corrected chi connectivity index (χ0v) is 18.6. The second kappa shape index (κ2) is 8.52. The van der Waals surface area contributed by atoms with E-state index in [1.54, 1.807) is 0 Å². The van der Waals surface area contributed by atoms with Crippen LogP contribution in [0.2, 0.25) is 0 Å². The Labute approximate surface area is 177 Å². The highest BCUT2D eigenvalue weighted by atomic mass is 16.5. The third-order valence-electron chi connectivity index (χ3n) is 7.23. The molecule has 2 heteroatoms. The molecule has 1 saturated heterocycles. The number of piperidine rings is 1. The van der Waals surface area contributed by atoms with Crippen molar-refractivity contribution in [3.63, 3.8) is 0 Å². The highest BCUT2D eigenvalue weighted by Gasteiger charge is 2.50. The van der Waals surface area contributed by atoms with Crippen LogP contribution in [0.1, 0.15) is 64.5 Å². The minimum atomic E-state index is 0.221. The average molecular weight is 392 g/mol. The van der Waals surface area contributed by atoms with E-state index in [2.05, 4.69) is 87.2 Å². The van der Waals surface area contributed by atoms with E-state index in [1.807, 2.05) is 0 Å². The molecule has 4 rings (SSSR count). The topological polar surface area (TPSA) is 12.5 Å². The van der Waals surface area contributed by atoms with Gasteiger partial charge in [0.05, 0.1) is 6.10 Å². The van der Waals surface area contributed by atoms with Gasteiger partial charge in [0, 0.05) is 24.5 Å². The molecule has 3 unspecified atom stereocenters. The van der Waals surface area contributed by atoms with Crippen molar-refractivity contribution in [3.05, 3.63) is 65.7 Å². The van der Waals surface area contributed by atoms with Gasteiger partial charge in [0.2, 0.25) is 0 Å². The van der Waals surface area contributed by atoms with Gasteiger partial charge in [0.15, 0.2) is 0 Å². The normalized spacial score (nSPS) is 27.4. The van der Waals surface area contributed by atoms with E-state index >= 15 is 0 Å². The highest BCUT2D eigenvalue weighted by Crippen LogP contribution is 2.53. The molecular weight excluding hydrogens is 354 g/mol. The molecule has 1 aliphatic heterocycles.